The first kappa shape index (κ1) is 10.2. The highest BCUT2D eigenvalue weighted by molar-refractivity contribution is 5.60. The van der Waals surface area contributed by atoms with Gasteiger partial charge in [0.15, 0.2) is 0 Å². The van der Waals surface area contributed by atoms with Crippen LogP contribution in [-0.2, 0) is 4.74 Å². The first-order chi connectivity index (χ1) is 7.26. The number of aliphatic hydroxyl groups excluding tert-OH is 1. The molecule has 0 amide bonds. The fourth-order valence-corrected chi connectivity index (χ4v) is 1.78. The maximum Gasteiger partial charge on any atom is 0.119 e. The van der Waals surface area contributed by atoms with E-state index in [2.05, 4.69) is 0 Å². The molecule has 0 radical (unpaired) electrons. The van der Waals surface area contributed by atoms with Crippen molar-refractivity contribution >= 4 is 6.08 Å². The molecule has 1 aromatic rings. The van der Waals surface area contributed by atoms with E-state index in [0.29, 0.717) is 0 Å². The molecule has 0 saturated carbocycles. The Kier molecular flexibility index (Phi) is 2.75. The average Bonchev–Trinajstić information content (AvgIpc) is 2.29. The van der Waals surface area contributed by atoms with Gasteiger partial charge in [-0.2, -0.15) is 0 Å². The van der Waals surface area contributed by atoms with Crippen molar-refractivity contribution in [2.45, 2.75) is 12.2 Å². The fraction of sp³-hybridized carbons (Fsp3) is 0.333. The molecule has 0 heterocycles. The highest BCUT2D eigenvalue weighted by Crippen LogP contribution is 2.31. The summed E-state index contributed by atoms with van der Waals surface area (Å²) in [7, 11) is 3.20. The van der Waals surface area contributed by atoms with Crippen LogP contribution in [0.5, 0.6) is 5.75 Å². The maximum absolute atomic E-state index is 10.0. The Hall–Kier alpha value is -1.32. The minimum absolute atomic E-state index is 0.274. The molecule has 1 aliphatic rings. The molecule has 0 saturated heterocycles. The van der Waals surface area contributed by atoms with Crippen LogP contribution in [0.1, 0.15) is 17.2 Å². The zero-order valence-corrected chi connectivity index (χ0v) is 8.81. The summed E-state index contributed by atoms with van der Waals surface area (Å²) in [5, 5.41) is 10.0. The van der Waals surface area contributed by atoms with Crippen LogP contribution in [-0.4, -0.2) is 25.4 Å². The third-order valence-electron chi connectivity index (χ3n) is 2.66. The van der Waals surface area contributed by atoms with Gasteiger partial charge in [-0.1, -0.05) is 18.2 Å². The van der Waals surface area contributed by atoms with Crippen molar-refractivity contribution in [3.05, 3.63) is 35.4 Å². The van der Waals surface area contributed by atoms with Gasteiger partial charge in [0.1, 0.15) is 18.0 Å². The van der Waals surface area contributed by atoms with E-state index in [4.69, 9.17) is 9.47 Å². The summed E-state index contributed by atoms with van der Waals surface area (Å²) in [5.41, 5.74) is 1.86. The lowest BCUT2D eigenvalue weighted by atomic mass is 9.93. The molecule has 1 aromatic carbocycles. The van der Waals surface area contributed by atoms with Gasteiger partial charge in [0.2, 0.25) is 0 Å². The molecular formula is C12H14O3. The predicted octanol–water partition coefficient (Wildman–Crippen LogP) is 1.77. The van der Waals surface area contributed by atoms with Gasteiger partial charge in [-0.05, 0) is 23.3 Å². The van der Waals surface area contributed by atoms with E-state index < -0.39 is 6.10 Å². The Labute approximate surface area is 88.9 Å². The van der Waals surface area contributed by atoms with E-state index in [9.17, 15) is 5.11 Å². The molecule has 0 aliphatic heterocycles. The number of hydrogen-bond donors (Lipinski definition) is 1. The molecule has 0 spiro atoms. The summed E-state index contributed by atoms with van der Waals surface area (Å²) in [5.74, 6) is 0.748. The second-order valence-corrected chi connectivity index (χ2v) is 3.50. The standard InChI is InChI=1S/C12H14O3/c1-14-9-5-3-8-4-6-11(15-2)12(13)10(8)7-9/h3-7,11-13H,1-2H3/t11-,12-/m1/s1. The molecule has 0 aromatic heterocycles. The highest BCUT2D eigenvalue weighted by atomic mass is 16.5. The summed E-state index contributed by atoms with van der Waals surface area (Å²) in [6.45, 7) is 0. The molecule has 0 bridgehead atoms. The predicted molar refractivity (Wildman–Crippen MR) is 57.8 cm³/mol. The molecule has 2 rings (SSSR count). The van der Waals surface area contributed by atoms with E-state index in [0.717, 1.165) is 16.9 Å². The highest BCUT2D eigenvalue weighted by Gasteiger charge is 2.24. The Morgan fingerprint density at radius 1 is 1.27 bits per heavy atom. The summed E-state index contributed by atoms with van der Waals surface area (Å²) in [6.07, 6.45) is 2.92. The summed E-state index contributed by atoms with van der Waals surface area (Å²) < 4.78 is 10.3. The van der Waals surface area contributed by atoms with Crippen LogP contribution in [0.25, 0.3) is 6.08 Å². The molecule has 0 unspecified atom stereocenters. The molecule has 3 heteroatoms. The molecule has 1 aliphatic carbocycles. The van der Waals surface area contributed by atoms with Gasteiger partial charge in [-0.25, -0.2) is 0 Å². The summed E-state index contributed by atoms with van der Waals surface area (Å²) >= 11 is 0. The minimum atomic E-state index is -0.620. The topological polar surface area (TPSA) is 38.7 Å². The van der Waals surface area contributed by atoms with Crippen molar-refractivity contribution in [2.75, 3.05) is 14.2 Å². The smallest absolute Gasteiger partial charge is 0.119 e. The molecule has 2 atom stereocenters. The third kappa shape index (κ3) is 1.76. The Balaban J connectivity index is 2.42. The van der Waals surface area contributed by atoms with Crippen molar-refractivity contribution in [1.29, 1.82) is 0 Å². The molecule has 3 nitrogen and oxygen atoms in total. The lowest BCUT2D eigenvalue weighted by molar-refractivity contribution is 0.0149. The van der Waals surface area contributed by atoms with E-state index in [-0.39, 0.29) is 6.10 Å². The van der Waals surface area contributed by atoms with Crippen LogP contribution in [0.15, 0.2) is 24.3 Å². The number of methoxy groups -OCH3 is 2. The maximum atomic E-state index is 10.0. The second-order valence-electron chi connectivity index (χ2n) is 3.50. The van der Waals surface area contributed by atoms with Crippen LogP contribution < -0.4 is 4.74 Å². The first-order valence-electron chi connectivity index (χ1n) is 4.83. The quantitative estimate of drug-likeness (QED) is 0.801. The second kappa shape index (κ2) is 4.04. The largest absolute Gasteiger partial charge is 0.497 e. The summed E-state index contributed by atoms with van der Waals surface area (Å²) in [6, 6.07) is 5.65. The first-order valence-corrected chi connectivity index (χ1v) is 4.83. The number of fused-ring (bicyclic) bond motifs is 1. The Bertz CT molecular complexity index is 384. The lowest BCUT2D eigenvalue weighted by Crippen LogP contribution is -2.21. The van der Waals surface area contributed by atoms with E-state index >= 15 is 0 Å². The minimum Gasteiger partial charge on any atom is -0.497 e. The van der Waals surface area contributed by atoms with Crippen molar-refractivity contribution in [3.63, 3.8) is 0 Å². The normalized spacial score (nSPS) is 23.7. The third-order valence-corrected chi connectivity index (χ3v) is 2.66. The van der Waals surface area contributed by atoms with Gasteiger partial charge in [0.05, 0.1) is 7.11 Å². The van der Waals surface area contributed by atoms with E-state index in [1.807, 2.05) is 30.4 Å². The van der Waals surface area contributed by atoms with Gasteiger partial charge >= 0.3 is 0 Å². The zero-order valence-electron chi connectivity index (χ0n) is 8.81. The van der Waals surface area contributed by atoms with Crippen molar-refractivity contribution in [2.24, 2.45) is 0 Å². The Morgan fingerprint density at radius 2 is 2.07 bits per heavy atom. The number of ether oxygens (including phenoxy) is 2. The molecule has 1 N–H and O–H groups in total. The molecule has 15 heavy (non-hydrogen) atoms. The number of aliphatic hydroxyl groups is 1. The zero-order chi connectivity index (χ0) is 10.8. The number of benzene rings is 1. The molecular weight excluding hydrogens is 192 g/mol. The fourth-order valence-electron chi connectivity index (χ4n) is 1.78. The van der Waals surface area contributed by atoms with E-state index in [1.54, 1.807) is 14.2 Å². The van der Waals surface area contributed by atoms with Crippen LogP contribution in [0.3, 0.4) is 0 Å². The van der Waals surface area contributed by atoms with Crippen LogP contribution in [0.2, 0.25) is 0 Å². The van der Waals surface area contributed by atoms with Crippen molar-refractivity contribution < 1.29 is 14.6 Å². The van der Waals surface area contributed by atoms with Gasteiger partial charge in [0.25, 0.3) is 0 Å². The molecule has 80 valence electrons. The van der Waals surface area contributed by atoms with Crippen molar-refractivity contribution in [1.82, 2.24) is 0 Å². The molecule has 0 fully saturated rings. The SMILES string of the molecule is COc1ccc2c(c1)[C@@H](O)[C@H](OC)C=C2. The lowest BCUT2D eigenvalue weighted by Gasteiger charge is -2.24. The number of hydrogen-bond acceptors (Lipinski definition) is 3. The van der Waals surface area contributed by atoms with E-state index in [1.165, 1.54) is 0 Å². The van der Waals surface area contributed by atoms with Crippen molar-refractivity contribution in [3.8, 4) is 5.75 Å². The van der Waals surface area contributed by atoms with Gasteiger partial charge in [-0.3, -0.25) is 0 Å². The monoisotopic (exact) mass is 206 g/mol. The Morgan fingerprint density at radius 3 is 2.73 bits per heavy atom. The number of rotatable bonds is 2. The van der Waals surface area contributed by atoms with Crippen LogP contribution >= 0.6 is 0 Å². The van der Waals surface area contributed by atoms with Gasteiger partial charge < -0.3 is 14.6 Å². The van der Waals surface area contributed by atoms with Crippen LogP contribution in [0, 0.1) is 0 Å². The average molecular weight is 206 g/mol. The van der Waals surface area contributed by atoms with Gasteiger partial charge in [0, 0.05) is 7.11 Å². The summed E-state index contributed by atoms with van der Waals surface area (Å²) in [4.78, 5) is 0. The van der Waals surface area contributed by atoms with Gasteiger partial charge in [-0.15, -0.1) is 0 Å². The van der Waals surface area contributed by atoms with Crippen LogP contribution in [0.4, 0.5) is 0 Å².